The molecule has 2 nitrogen and oxygen atoms in total. The van der Waals surface area contributed by atoms with Crippen LogP contribution in [-0.2, 0) is 0 Å². The molecule has 1 saturated carbocycles. The lowest BCUT2D eigenvalue weighted by molar-refractivity contribution is 0.0233. The molecule has 2 N–H and O–H groups in total. The molecule has 1 saturated heterocycles. The molecule has 2 aliphatic rings. The number of nitrogens with one attached hydrogen (secondary N) is 1. The van der Waals surface area contributed by atoms with Crippen molar-refractivity contribution in [3.63, 3.8) is 0 Å². The molecule has 0 spiro atoms. The van der Waals surface area contributed by atoms with Crippen LogP contribution in [0, 0.1) is 5.92 Å². The first-order valence-electron chi connectivity index (χ1n) is 6.11. The summed E-state index contributed by atoms with van der Waals surface area (Å²) in [5.74, 6) is 0.827. The van der Waals surface area contributed by atoms with Crippen LogP contribution in [0.2, 0.25) is 0 Å². The van der Waals surface area contributed by atoms with Gasteiger partial charge in [-0.3, -0.25) is 0 Å². The fourth-order valence-corrected chi connectivity index (χ4v) is 2.66. The fourth-order valence-electron chi connectivity index (χ4n) is 2.66. The van der Waals surface area contributed by atoms with Crippen LogP contribution in [0.15, 0.2) is 0 Å². The van der Waals surface area contributed by atoms with Gasteiger partial charge in [0, 0.05) is 6.04 Å². The van der Waals surface area contributed by atoms with Crippen molar-refractivity contribution in [2.24, 2.45) is 5.92 Å². The van der Waals surface area contributed by atoms with Crippen molar-refractivity contribution in [2.75, 3.05) is 6.54 Å². The SMILES string of the molecule is CC(O)(CC1CC1)CC1CCCCN1. The summed E-state index contributed by atoms with van der Waals surface area (Å²) in [6.45, 7) is 3.16. The normalized spacial score (nSPS) is 32.6. The summed E-state index contributed by atoms with van der Waals surface area (Å²) >= 11 is 0. The van der Waals surface area contributed by atoms with E-state index in [9.17, 15) is 5.11 Å². The zero-order valence-electron chi connectivity index (χ0n) is 9.26. The molecule has 14 heavy (non-hydrogen) atoms. The van der Waals surface area contributed by atoms with E-state index in [1.807, 2.05) is 6.92 Å². The summed E-state index contributed by atoms with van der Waals surface area (Å²) < 4.78 is 0. The highest BCUT2D eigenvalue weighted by Crippen LogP contribution is 2.38. The molecule has 0 aromatic carbocycles. The molecule has 1 heterocycles. The lowest BCUT2D eigenvalue weighted by Gasteiger charge is -2.31. The Morgan fingerprint density at radius 3 is 2.57 bits per heavy atom. The van der Waals surface area contributed by atoms with E-state index in [0.717, 1.165) is 25.3 Å². The molecule has 0 aromatic rings. The van der Waals surface area contributed by atoms with Crippen molar-refractivity contribution >= 4 is 0 Å². The van der Waals surface area contributed by atoms with Gasteiger partial charge in [0.1, 0.15) is 0 Å². The van der Waals surface area contributed by atoms with Gasteiger partial charge in [0.15, 0.2) is 0 Å². The maximum atomic E-state index is 10.2. The summed E-state index contributed by atoms with van der Waals surface area (Å²) in [7, 11) is 0. The van der Waals surface area contributed by atoms with Crippen molar-refractivity contribution < 1.29 is 5.11 Å². The minimum absolute atomic E-state index is 0.420. The van der Waals surface area contributed by atoms with Crippen molar-refractivity contribution in [1.29, 1.82) is 0 Å². The molecule has 2 atom stereocenters. The Bertz CT molecular complexity index is 181. The third kappa shape index (κ3) is 3.25. The van der Waals surface area contributed by atoms with E-state index < -0.39 is 5.60 Å². The Kier molecular flexibility index (Phi) is 3.13. The van der Waals surface area contributed by atoms with Crippen molar-refractivity contribution in [1.82, 2.24) is 5.32 Å². The first-order chi connectivity index (χ1) is 6.66. The van der Waals surface area contributed by atoms with Gasteiger partial charge in [-0.05, 0) is 45.1 Å². The summed E-state index contributed by atoms with van der Waals surface area (Å²) in [6, 6.07) is 0.567. The Balaban J connectivity index is 1.75. The van der Waals surface area contributed by atoms with Crippen LogP contribution in [-0.4, -0.2) is 23.3 Å². The van der Waals surface area contributed by atoms with E-state index in [2.05, 4.69) is 5.32 Å². The summed E-state index contributed by atoms with van der Waals surface area (Å²) in [4.78, 5) is 0. The molecule has 1 aliphatic heterocycles. The predicted octanol–water partition coefficient (Wildman–Crippen LogP) is 2.07. The van der Waals surface area contributed by atoms with Gasteiger partial charge in [0.05, 0.1) is 5.60 Å². The zero-order valence-corrected chi connectivity index (χ0v) is 9.26. The average Bonchev–Trinajstić information content (AvgIpc) is 2.88. The molecule has 2 rings (SSSR count). The van der Waals surface area contributed by atoms with Gasteiger partial charge >= 0.3 is 0 Å². The standard InChI is InChI=1S/C12H23NO/c1-12(14,8-10-5-6-10)9-11-4-2-3-7-13-11/h10-11,13-14H,2-9H2,1H3. The van der Waals surface area contributed by atoms with E-state index in [1.54, 1.807) is 0 Å². The number of aliphatic hydroxyl groups is 1. The molecule has 0 radical (unpaired) electrons. The highest BCUT2D eigenvalue weighted by atomic mass is 16.3. The third-order valence-electron chi connectivity index (χ3n) is 3.52. The summed E-state index contributed by atoms with van der Waals surface area (Å²) in [5, 5.41) is 13.7. The second-order valence-corrected chi connectivity index (χ2v) is 5.50. The maximum Gasteiger partial charge on any atom is 0.0637 e. The van der Waals surface area contributed by atoms with Crippen molar-refractivity contribution in [2.45, 2.75) is 63.5 Å². The number of hydrogen-bond acceptors (Lipinski definition) is 2. The van der Waals surface area contributed by atoms with Crippen molar-refractivity contribution in [3.05, 3.63) is 0 Å². The first kappa shape index (κ1) is 10.4. The van der Waals surface area contributed by atoms with Crippen LogP contribution in [0.25, 0.3) is 0 Å². The summed E-state index contributed by atoms with van der Waals surface area (Å²) in [5.41, 5.74) is -0.420. The van der Waals surface area contributed by atoms with Crippen molar-refractivity contribution in [3.8, 4) is 0 Å². The lowest BCUT2D eigenvalue weighted by atomic mass is 9.88. The van der Waals surface area contributed by atoms with Gasteiger partial charge in [-0.15, -0.1) is 0 Å². The molecule has 1 aliphatic carbocycles. The van der Waals surface area contributed by atoms with Gasteiger partial charge in [0.2, 0.25) is 0 Å². The van der Waals surface area contributed by atoms with E-state index in [-0.39, 0.29) is 0 Å². The monoisotopic (exact) mass is 197 g/mol. The quantitative estimate of drug-likeness (QED) is 0.723. The maximum absolute atomic E-state index is 10.2. The van der Waals surface area contributed by atoms with Gasteiger partial charge in [-0.2, -0.15) is 0 Å². The molecule has 0 bridgehead atoms. The molecule has 2 unspecified atom stereocenters. The second-order valence-electron chi connectivity index (χ2n) is 5.50. The Morgan fingerprint density at radius 1 is 1.21 bits per heavy atom. The van der Waals surface area contributed by atoms with Crippen LogP contribution in [0.3, 0.4) is 0 Å². The molecule has 2 fully saturated rings. The molecule has 82 valence electrons. The molecule has 0 aromatic heterocycles. The first-order valence-corrected chi connectivity index (χ1v) is 6.11. The molecular formula is C12H23NO. The third-order valence-corrected chi connectivity index (χ3v) is 3.52. The Hall–Kier alpha value is -0.0800. The van der Waals surface area contributed by atoms with Gasteiger partial charge in [0.25, 0.3) is 0 Å². The minimum Gasteiger partial charge on any atom is -0.390 e. The van der Waals surface area contributed by atoms with Crippen LogP contribution in [0.1, 0.15) is 51.9 Å². The smallest absolute Gasteiger partial charge is 0.0637 e. The van der Waals surface area contributed by atoms with Gasteiger partial charge in [-0.1, -0.05) is 19.3 Å². The summed E-state index contributed by atoms with van der Waals surface area (Å²) in [6.07, 6.45) is 8.54. The molecule has 0 amide bonds. The number of rotatable bonds is 4. The minimum atomic E-state index is -0.420. The van der Waals surface area contributed by atoms with Crippen LogP contribution >= 0.6 is 0 Å². The second kappa shape index (κ2) is 4.19. The Labute approximate surface area is 87.1 Å². The van der Waals surface area contributed by atoms with E-state index in [4.69, 9.17) is 0 Å². The topological polar surface area (TPSA) is 32.3 Å². The predicted molar refractivity (Wildman–Crippen MR) is 58.2 cm³/mol. The number of piperidine rings is 1. The number of hydrogen-bond donors (Lipinski definition) is 2. The largest absolute Gasteiger partial charge is 0.390 e. The van der Waals surface area contributed by atoms with Gasteiger partial charge < -0.3 is 10.4 Å². The molecule has 2 heteroatoms. The Morgan fingerprint density at radius 2 is 2.00 bits per heavy atom. The van der Waals surface area contributed by atoms with Crippen LogP contribution < -0.4 is 5.32 Å². The lowest BCUT2D eigenvalue weighted by Crippen LogP contribution is -2.41. The van der Waals surface area contributed by atoms with E-state index in [1.165, 1.54) is 32.1 Å². The highest BCUT2D eigenvalue weighted by molar-refractivity contribution is 4.88. The average molecular weight is 197 g/mol. The van der Waals surface area contributed by atoms with Crippen LogP contribution in [0.4, 0.5) is 0 Å². The fraction of sp³-hybridized carbons (Fsp3) is 1.00. The van der Waals surface area contributed by atoms with E-state index in [0.29, 0.717) is 6.04 Å². The van der Waals surface area contributed by atoms with Crippen LogP contribution in [0.5, 0.6) is 0 Å². The van der Waals surface area contributed by atoms with Gasteiger partial charge in [-0.25, -0.2) is 0 Å². The zero-order chi connectivity index (χ0) is 10.0. The molecular weight excluding hydrogens is 174 g/mol. The van der Waals surface area contributed by atoms with E-state index >= 15 is 0 Å². The highest BCUT2D eigenvalue weighted by Gasteiger charge is 2.33.